The highest BCUT2D eigenvalue weighted by atomic mass is 35.5. The number of carbonyl (C=O) groups is 2. The second-order valence-corrected chi connectivity index (χ2v) is 7.56. The van der Waals surface area contributed by atoms with E-state index in [9.17, 15) is 14.7 Å². The lowest BCUT2D eigenvalue weighted by molar-refractivity contribution is -0.124. The van der Waals surface area contributed by atoms with E-state index < -0.39 is 5.54 Å². The summed E-state index contributed by atoms with van der Waals surface area (Å²) in [6.07, 6.45) is 5.31. The molecule has 0 radical (unpaired) electrons. The number of hydrogen-bond donors (Lipinski definition) is 3. The zero-order valence-corrected chi connectivity index (χ0v) is 17.1. The summed E-state index contributed by atoms with van der Waals surface area (Å²) in [7, 11) is 0. The molecule has 9 heteroatoms. The number of amides is 2. The van der Waals surface area contributed by atoms with Gasteiger partial charge in [-0.25, -0.2) is 9.97 Å². The van der Waals surface area contributed by atoms with Gasteiger partial charge in [-0.05, 0) is 42.7 Å². The zero-order chi connectivity index (χ0) is 21.8. The van der Waals surface area contributed by atoms with Gasteiger partial charge >= 0.3 is 0 Å². The third-order valence-corrected chi connectivity index (χ3v) is 5.29. The summed E-state index contributed by atoms with van der Waals surface area (Å²) in [4.78, 5) is 32.6. The van der Waals surface area contributed by atoms with E-state index in [-0.39, 0.29) is 22.6 Å². The van der Waals surface area contributed by atoms with Crippen LogP contribution in [0.1, 0.15) is 28.8 Å². The van der Waals surface area contributed by atoms with E-state index in [4.69, 9.17) is 16.3 Å². The molecule has 0 saturated heterocycles. The summed E-state index contributed by atoms with van der Waals surface area (Å²) in [5.41, 5.74) is 0.285. The van der Waals surface area contributed by atoms with Crippen LogP contribution in [0.4, 0.5) is 0 Å². The van der Waals surface area contributed by atoms with Gasteiger partial charge < -0.3 is 20.5 Å². The Balaban J connectivity index is 1.32. The van der Waals surface area contributed by atoms with Crippen molar-refractivity contribution in [3.8, 4) is 17.2 Å². The van der Waals surface area contributed by atoms with Crippen LogP contribution in [0, 0.1) is 0 Å². The maximum Gasteiger partial charge on any atom is 0.255 e. The number of halogens is 1. The highest BCUT2D eigenvalue weighted by molar-refractivity contribution is 6.33. The van der Waals surface area contributed by atoms with E-state index in [1.165, 1.54) is 24.8 Å². The number of aromatic nitrogens is 2. The number of rotatable bonds is 7. The Bertz CT molecular complexity index is 1100. The molecule has 1 aromatic heterocycles. The summed E-state index contributed by atoms with van der Waals surface area (Å²) in [5.74, 6) is 0.223. The van der Waals surface area contributed by atoms with Crippen LogP contribution >= 0.6 is 11.6 Å². The Kier molecular flexibility index (Phi) is 5.73. The van der Waals surface area contributed by atoms with Crippen molar-refractivity contribution in [3.63, 3.8) is 0 Å². The van der Waals surface area contributed by atoms with Crippen molar-refractivity contribution in [1.29, 1.82) is 0 Å². The van der Waals surface area contributed by atoms with Crippen molar-refractivity contribution in [2.24, 2.45) is 0 Å². The lowest BCUT2D eigenvalue weighted by atomic mass is 10.2. The molecule has 1 aliphatic rings. The van der Waals surface area contributed by atoms with Gasteiger partial charge in [-0.15, -0.1) is 0 Å². The number of aromatic hydroxyl groups is 1. The fourth-order valence-electron chi connectivity index (χ4n) is 2.97. The lowest BCUT2D eigenvalue weighted by Gasteiger charge is -2.17. The van der Waals surface area contributed by atoms with Gasteiger partial charge in [0.05, 0.1) is 5.56 Å². The molecule has 0 unspecified atom stereocenters. The minimum atomic E-state index is -0.887. The van der Waals surface area contributed by atoms with Crippen molar-refractivity contribution in [2.45, 2.75) is 24.9 Å². The molecule has 3 aromatic rings. The number of nitrogens with one attached hydrogen (secondary N) is 2. The average Bonchev–Trinajstić information content (AvgIpc) is 3.57. The van der Waals surface area contributed by atoms with Crippen LogP contribution in [-0.4, -0.2) is 32.4 Å². The summed E-state index contributed by atoms with van der Waals surface area (Å²) in [6, 6.07) is 11.9. The van der Waals surface area contributed by atoms with Gasteiger partial charge in [0.2, 0.25) is 5.91 Å². The average molecular weight is 439 g/mol. The molecule has 1 heterocycles. The summed E-state index contributed by atoms with van der Waals surface area (Å²) in [6.45, 7) is 0.304. The minimum Gasteiger partial charge on any atom is -0.506 e. The molecule has 4 rings (SSSR count). The Hall–Kier alpha value is -3.65. The van der Waals surface area contributed by atoms with Crippen molar-refractivity contribution in [3.05, 3.63) is 77.3 Å². The van der Waals surface area contributed by atoms with E-state index in [0.29, 0.717) is 36.4 Å². The Labute approximate surface area is 183 Å². The maximum atomic E-state index is 12.6. The zero-order valence-electron chi connectivity index (χ0n) is 16.3. The topological polar surface area (TPSA) is 113 Å². The van der Waals surface area contributed by atoms with E-state index in [1.54, 1.807) is 24.3 Å². The number of carbonyl (C=O) groups excluding carboxylic acids is 2. The monoisotopic (exact) mass is 438 g/mol. The molecule has 8 nitrogen and oxygen atoms in total. The first-order valence-electron chi connectivity index (χ1n) is 9.57. The second-order valence-electron chi connectivity index (χ2n) is 7.18. The van der Waals surface area contributed by atoms with E-state index in [2.05, 4.69) is 20.6 Å². The maximum absolute atomic E-state index is 12.6. The Morgan fingerprint density at radius 2 is 1.81 bits per heavy atom. The van der Waals surface area contributed by atoms with Gasteiger partial charge in [0.1, 0.15) is 34.1 Å². The van der Waals surface area contributed by atoms with Crippen LogP contribution in [0.2, 0.25) is 5.02 Å². The van der Waals surface area contributed by atoms with E-state index >= 15 is 0 Å². The predicted molar refractivity (Wildman–Crippen MR) is 113 cm³/mol. The largest absolute Gasteiger partial charge is 0.506 e. The normalized spacial score (nSPS) is 13.8. The van der Waals surface area contributed by atoms with Crippen LogP contribution in [0.15, 0.2) is 61.2 Å². The van der Waals surface area contributed by atoms with Gasteiger partial charge in [0, 0.05) is 18.9 Å². The molecule has 1 fully saturated rings. The first-order chi connectivity index (χ1) is 15.0. The van der Waals surface area contributed by atoms with Crippen LogP contribution in [0.3, 0.4) is 0 Å². The fourth-order valence-corrected chi connectivity index (χ4v) is 3.14. The summed E-state index contributed by atoms with van der Waals surface area (Å²) < 4.78 is 5.68. The molecule has 2 aromatic carbocycles. The molecular weight excluding hydrogens is 420 g/mol. The van der Waals surface area contributed by atoms with Gasteiger partial charge in [0.15, 0.2) is 0 Å². The molecule has 0 atom stereocenters. The molecule has 31 heavy (non-hydrogen) atoms. The van der Waals surface area contributed by atoms with Crippen molar-refractivity contribution in [2.75, 3.05) is 0 Å². The van der Waals surface area contributed by atoms with Gasteiger partial charge in [-0.1, -0.05) is 29.8 Å². The molecule has 0 bridgehead atoms. The lowest BCUT2D eigenvalue weighted by Crippen LogP contribution is -2.48. The van der Waals surface area contributed by atoms with Crippen LogP contribution < -0.4 is 15.4 Å². The number of ether oxygens (including phenoxy) is 1. The highest BCUT2D eigenvalue weighted by Gasteiger charge is 2.51. The number of phenolic OH excluding ortho intramolecular Hbond substituents is 1. The van der Waals surface area contributed by atoms with Gasteiger partial charge in [0.25, 0.3) is 5.91 Å². The number of hydrogen-bond acceptors (Lipinski definition) is 6. The quantitative estimate of drug-likeness (QED) is 0.522. The van der Waals surface area contributed by atoms with Gasteiger partial charge in [-0.3, -0.25) is 9.59 Å². The van der Waals surface area contributed by atoms with Crippen molar-refractivity contribution < 1.29 is 19.4 Å². The molecule has 1 saturated carbocycles. The summed E-state index contributed by atoms with van der Waals surface area (Å²) in [5, 5.41) is 15.4. The third kappa shape index (κ3) is 4.75. The number of nitrogens with zero attached hydrogens (tertiary/aromatic N) is 2. The van der Waals surface area contributed by atoms with Gasteiger partial charge in [-0.2, -0.15) is 0 Å². The van der Waals surface area contributed by atoms with Crippen LogP contribution in [0.25, 0.3) is 0 Å². The van der Waals surface area contributed by atoms with E-state index in [1.807, 2.05) is 12.1 Å². The SMILES string of the molecule is O=C(NC1(C(=O)NCc2ccc(Oc3cccc(O)c3Cl)cc2)CC1)c1cncnc1. The molecule has 1 aliphatic carbocycles. The number of phenols is 1. The molecule has 0 spiro atoms. The van der Waals surface area contributed by atoms with Crippen molar-refractivity contribution in [1.82, 2.24) is 20.6 Å². The Morgan fingerprint density at radius 1 is 1.10 bits per heavy atom. The Morgan fingerprint density at radius 3 is 2.48 bits per heavy atom. The molecular formula is C22H19ClN4O4. The first kappa shape index (κ1) is 20.6. The summed E-state index contributed by atoms with van der Waals surface area (Å²) >= 11 is 6.02. The van der Waals surface area contributed by atoms with Crippen LogP contribution in [-0.2, 0) is 11.3 Å². The highest BCUT2D eigenvalue weighted by Crippen LogP contribution is 2.37. The predicted octanol–water partition coefficient (Wildman–Crippen LogP) is 3.21. The minimum absolute atomic E-state index is 0.0561. The molecule has 0 aliphatic heterocycles. The molecule has 158 valence electrons. The standard InChI is InChI=1S/C22H19ClN4O4/c23-19-17(28)2-1-3-18(19)31-16-6-4-14(5-7-16)10-26-21(30)22(8-9-22)27-20(29)15-11-24-13-25-12-15/h1-7,11-13,28H,8-10H2,(H,26,30)(H,27,29). The second kappa shape index (κ2) is 8.61. The number of benzene rings is 2. The third-order valence-electron chi connectivity index (χ3n) is 4.91. The first-order valence-corrected chi connectivity index (χ1v) is 9.95. The molecule has 3 N–H and O–H groups in total. The van der Waals surface area contributed by atoms with Crippen molar-refractivity contribution >= 4 is 23.4 Å². The molecule has 2 amide bonds. The van der Waals surface area contributed by atoms with Crippen LogP contribution in [0.5, 0.6) is 17.2 Å². The fraction of sp³-hybridized carbons (Fsp3) is 0.182. The van der Waals surface area contributed by atoms with E-state index in [0.717, 1.165) is 5.56 Å². The smallest absolute Gasteiger partial charge is 0.255 e.